The topological polar surface area (TPSA) is 42.2 Å². The summed E-state index contributed by atoms with van der Waals surface area (Å²) in [6, 6.07) is 1.67. The highest BCUT2D eigenvalue weighted by molar-refractivity contribution is 9.10. The number of nitrogens with one attached hydrogen (secondary N) is 1. The number of halogens is 1. The van der Waals surface area contributed by atoms with E-state index < -0.39 is 0 Å². The molecule has 0 fully saturated rings. The van der Waals surface area contributed by atoms with Gasteiger partial charge >= 0.3 is 0 Å². The van der Waals surface area contributed by atoms with Gasteiger partial charge in [-0.05, 0) is 33.8 Å². The molecule has 102 valence electrons. The SMILES string of the molecule is CCCCCC(C)(C)CNC(=O)c1ccoc1Br. The lowest BCUT2D eigenvalue weighted by Crippen LogP contribution is -2.34. The number of carbonyl (C=O) groups excluding carboxylic acids is 1. The second-order valence-corrected chi connectivity index (χ2v) is 6.13. The van der Waals surface area contributed by atoms with Crippen molar-refractivity contribution in [2.75, 3.05) is 6.54 Å². The normalized spacial score (nSPS) is 11.6. The molecule has 0 radical (unpaired) electrons. The third-order valence-electron chi connectivity index (χ3n) is 3.05. The Bertz CT molecular complexity index is 385. The average molecular weight is 316 g/mol. The van der Waals surface area contributed by atoms with Crippen molar-refractivity contribution >= 4 is 21.8 Å². The number of amides is 1. The number of unbranched alkanes of at least 4 members (excludes halogenated alkanes) is 2. The molecule has 0 atom stereocenters. The summed E-state index contributed by atoms with van der Waals surface area (Å²) in [5, 5.41) is 2.96. The first-order valence-electron chi connectivity index (χ1n) is 6.47. The number of carbonyl (C=O) groups is 1. The van der Waals surface area contributed by atoms with Gasteiger partial charge in [0.05, 0.1) is 11.8 Å². The Hall–Kier alpha value is -0.770. The Kier molecular flexibility index (Phi) is 5.93. The minimum absolute atomic E-state index is 0.0841. The molecule has 1 N–H and O–H groups in total. The van der Waals surface area contributed by atoms with Crippen LogP contribution in [0, 0.1) is 5.41 Å². The zero-order chi connectivity index (χ0) is 13.6. The average Bonchev–Trinajstić information content (AvgIpc) is 2.73. The highest BCUT2D eigenvalue weighted by Gasteiger charge is 2.20. The van der Waals surface area contributed by atoms with Crippen LogP contribution in [0.25, 0.3) is 0 Å². The third-order valence-corrected chi connectivity index (χ3v) is 3.66. The van der Waals surface area contributed by atoms with Crippen LogP contribution < -0.4 is 5.32 Å². The molecular weight excluding hydrogens is 294 g/mol. The summed E-state index contributed by atoms with van der Waals surface area (Å²) in [5.41, 5.74) is 0.695. The van der Waals surface area contributed by atoms with E-state index >= 15 is 0 Å². The van der Waals surface area contributed by atoms with Crippen LogP contribution in [0.4, 0.5) is 0 Å². The van der Waals surface area contributed by atoms with Crippen molar-refractivity contribution in [2.24, 2.45) is 5.41 Å². The summed E-state index contributed by atoms with van der Waals surface area (Å²) in [6.45, 7) is 7.26. The maximum Gasteiger partial charge on any atom is 0.255 e. The highest BCUT2D eigenvalue weighted by atomic mass is 79.9. The van der Waals surface area contributed by atoms with Crippen LogP contribution in [0.2, 0.25) is 0 Å². The van der Waals surface area contributed by atoms with E-state index in [-0.39, 0.29) is 11.3 Å². The Morgan fingerprint density at radius 1 is 1.44 bits per heavy atom. The molecule has 0 aromatic carbocycles. The summed E-state index contributed by atoms with van der Waals surface area (Å²) in [4.78, 5) is 11.9. The first-order chi connectivity index (χ1) is 8.46. The second-order valence-electron chi connectivity index (χ2n) is 5.41. The van der Waals surface area contributed by atoms with E-state index in [1.807, 2.05) is 0 Å². The molecule has 3 nitrogen and oxygen atoms in total. The molecule has 0 aliphatic carbocycles. The van der Waals surface area contributed by atoms with Gasteiger partial charge in [0.2, 0.25) is 0 Å². The van der Waals surface area contributed by atoms with E-state index in [0.717, 1.165) is 6.42 Å². The Morgan fingerprint density at radius 2 is 2.17 bits per heavy atom. The predicted octanol–water partition coefficient (Wildman–Crippen LogP) is 4.38. The van der Waals surface area contributed by atoms with Crippen LogP contribution in [0.1, 0.15) is 56.8 Å². The number of furan rings is 1. The molecule has 18 heavy (non-hydrogen) atoms. The summed E-state index contributed by atoms with van der Waals surface area (Å²) in [6.07, 6.45) is 6.34. The monoisotopic (exact) mass is 315 g/mol. The number of rotatable bonds is 7. The largest absolute Gasteiger partial charge is 0.457 e. The van der Waals surface area contributed by atoms with Crippen LogP contribution in [-0.4, -0.2) is 12.5 Å². The van der Waals surface area contributed by atoms with Crippen LogP contribution >= 0.6 is 15.9 Å². The van der Waals surface area contributed by atoms with E-state index in [2.05, 4.69) is 42.0 Å². The van der Waals surface area contributed by atoms with Gasteiger partial charge in [0.15, 0.2) is 4.67 Å². The van der Waals surface area contributed by atoms with Crippen LogP contribution in [0.3, 0.4) is 0 Å². The maximum absolute atomic E-state index is 11.9. The van der Waals surface area contributed by atoms with Crippen LogP contribution in [0.15, 0.2) is 21.4 Å². The minimum Gasteiger partial charge on any atom is -0.457 e. The lowest BCUT2D eigenvalue weighted by molar-refractivity contribution is 0.0932. The van der Waals surface area contributed by atoms with E-state index in [0.29, 0.717) is 16.8 Å². The van der Waals surface area contributed by atoms with Gasteiger partial charge in [0.1, 0.15) is 0 Å². The molecule has 0 unspecified atom stereocenters. The lowest BCUT2D eigenvalue weighted by atomic mass is 9.87. The molecule has 0 saturated heterocycles. The standard InChI is InChI=1S/C14H22BrNO2/c1-4-5-6-8-14(2,3)10-16-13(17)11-7-9-18-12(11)15/h7,9H,4-6,8,10H2,1-3H3,(H,16,17). The molecule has 0 aliphatic heterocycles. The molecular formula is C14H22BrNO2. The molecule has 1 amide bonds. The number of hydrogen-bond acceptors (Lipinski definition) is 2. The van der Waals surface area contributed by atoms with Gasteiger partial charge < -0.3 is 9.73 Å². The van der Waals surface area contributed by atoms with E-state index in [9.17, 15) is 4.79 Å². The van der Waals surface area contributed by atoms with E-state index in [4.69, 9.17) is 4.42 Å². The summed E-state index contributed by atoms with van der Waals surface area (Å²) >= 11 is 3.21. The fourth-order valence-electron chi connectivity index (χ4n) is 1.81. The first kappa shape index (κ1) is 15.3. The van der Waals surface area contributed by atoms with Gasteiger partial charge in [-0.2, -0.15) is 0 Å². The molecule has 1 aromatic heterocycles. The molecule has 1 rings (SSSR count). The minimum atomic E-state index is -0.0841. The Morgan fingerprint density at radius 3 is 2.72 bits per heavy atom. The smallest absolute Gasteiger partial charge is 0.255 e. The van der Waals surface area contributed by atoms with Crippen molar-refractivity contribution in [3.8, 4) is 0 Å². The Balaban J connectivity index is 2.40. The highest BCUT2D eigenvalue weighted by Crippen LogP contribution is 2.23. The first-order valence-corrected chi connectivity index (χ1v) is 7.27. The van der Waals surface area contributed by atoms with Crippen molar-refractivity contribution in [1.82, 2.24) is 5.32 Å². The second kappa shape index (κ2) is 6.98. The Labute approximate surface area is 117 Å². The fourth-order valence-corrected chi connectivity index (χ4v) is 2.23. The van der Waals surface area contributed by atoms with Gasteiger partial charge in [-0.25, -0.2) is 0 Å². The van der Waals surface area contributed by atoms with Crippen molar-refractivity contribution in [1.29, 1.82) is 0 Å². The maximum atomic E-state index is 11.9. The lowest BCUT2D eigenvalue weighted by Gasteiger charge is -2.24. The van der Waals surface area contributed by atoms with Gasteiger partial charge in [-0.3, -0.25) is 4.79 Å². The van der Waals surface area contributed by atoms with Gasteiger partial charge in [-0.1, -0.05) is 40.0 Å². The summed E-state index contributed by atoms with van der Waals surface area (Å²) < 4.78 is 5.54. The third kappa shape index (κ3) is 4.84. The summed E-state index contributed by atoms with van der Waals surface area (Å²) in [5.74, 6) is -0.0841. The molecule has 0 saturated carbocycles. The summed E-state index contributed by atoms with van der Waals surface area (Å²) in [7, 11) is 0. The zero-order valence-corrected chi connectivity index (χ0v) is 13.0. The van der Waals surface area contributed by atoms with E-state index in [1.54, 1.807) is 6.07 Å². The van der Waals surface area contributed by atoms with Gasteiger partial charge in [0.25, 0.3) is 5.91 Å². The fraction of sp³-hybridized carbons (Fsp3) is 0.643. The van der Waals surface area contributed by atoms with Crippen LogP contribution in [-0.2, 0) is 0 Å². The quantitative estimate of drug-likeness (QED) is 0.759. The number of hydrogen-bond donors (Lipinski definition) is 1. The van der Waals surface area contributed by atoms with E-state index in [1.165, 1.54) is 25.5 Å². The van der Waals surface area contributed by atoms with Crippen molar-refractivity contribution < 1.29 is 9.21 Å². The molecule has 1 heterocycles. The van der Waals surface area contributed by atoms with Crippen LogP contribution in [0.5, 0.6) is 0 Å². The van der Waals surface area contributed by atoms with Crippen molar-refractivity contribution in [3.05, 3.63) is 22.6 Å². The molecule has 0 bridgehead atoms. The van der Waals surface area contributed by atoms with Gasteiger partial charge in [-0.15, -0.1) is 0 Å². The molecule has 4 heteroatoms. The van der Waals surface area contributed by atoms with Crippen molar-refractivity contribution in [3.63, 3.8) is 0 Å². The van der Waals surface area contributed by atoms with Gasteiger partial charge in [0, 0.05) is 6.54 Å². The predicted molar refractivity (Wildman–Crippen MR) is 76.7 cm³/mol. The van der Waals surface area contributed by atoms with Crippen molar-refractivity contribution in [2.45, 2.75) is 46.5 Å². The molecule has 0 spiro atoms. The molecule has 1 aromatic rings. The zero-order valence-electron chi connectivity index (χ0n) is 11.4. The molecule has 0 aliphatic rings.